The first kappa shape index (κ1) is 11.7. The lowest BCUT2D eigenvalue weighted by Crippen LogP contribution is -2.27. The summed E-state index contributed by atoms with van der Waals surface area (Å²) in [6.45, 7) is 0.813. The van der Waals surface area contributed by atoms with Crippen molar-refractivity contribution < 1.29 is 4.74 Å². The Morgan fingerprint density at radius 2 is 1.75 bits per heavy atom. The molecule has 1 fully saturated rings. The van der Waals surface area contributed by atoms with Crippen LogP contribution < -0.4 is 10.5 Å². The summed E-state index contributed by atoms with van der Waals surface area (Å²) in [7, 11) is 0. The van der Waals surface area contributed by atoms with Crippen LogP contribution in [-0.4, -0.2) is 12.6 Å². The molecule has 2 nitrogen and oxygen atoms in total. The molecule has 1 aliphatic carbocycles. The van der Waals surface area contributed by atoms with Crippen LogP contribution in [0.3, 0.4) is 0 Å². The topological polar surface area (TPSA) is 35.2 Å². The molecule has 1 aromatic carbocycles. The second kappa shape index (κ2) is 5.55. The van der Waals surface area contributed by atoms with Gasteiger partial charge in [-0.05, 0) is 62.4 Å². The van der Waals surface area contributed by atoms with Crippen molar-refractivity contribution in [3.63, 3.8) is 0 Å². The summed E-state index contributed by atoms with van der Waals surface area (Å²) in [6.07, 6.45) is 4.96. The molecule has 0 bridgehead atoms. The fraction of sp³-hybridized carbons (Fsp3) is 0.538. The van der Waals surface area contributed by atoms with Gasteiger partial charge in [0, 0.05) is 5.02 Å². The summed E-state index contributed by atoms with van der Waals surface area (Å²) in [5, 5.41) is 0.749. The van der Waals surface area contributed by atoms with Gasteiger partial charge in [-0.3, -0.25) is 0 Å². The molecule has 0 unspecified atom stereocenters. The minimum atomic E-state index is 0.351. The van der Waals surface area contributed by atoms with E-state index in [2.05, 4.69) is 0 Å². The predicted octanol–water partition coefficient (Wildman–Crippen LogP) is 3.24. The third-order valence-electron chi connectivity index (χ3n) is 3.24. The number of ether oxygens (including phenoxy) is 1. The Morgan fingerprint density at radius 3 is 2.31 bits per heavy atom. The van der Waals surface area contributed by atoms with Crippen LogP contribution in [0.4, 0.5) is 0 Å². The zero-order valence-corrected chi connectivity index (χ0v) is 10.1. The second-order valence-electron chi connectivity index (χ2n) is 4.45. The lowest BCUT2D eigenvalue weighted by Gasteiger charge is -2.28. The molecule has 1 saturated carbocycles. The smallest absolute Gasteiger partial charge is 0.119 e. The monoisotopic (exact) mass is 239 g/mol. The maximum absolute atomic E-state index is 5.90. The minimum Gasteiger partial charge on any atom is -0.490 e. The summed E-state index contributed by atoms with van der Waals surface area (Å²) in [5.74, 6) is 1.62. The molecule has 1 aromatic rings. The van der Waals surface area contributed by atoms with Gasteiger partial charge in [0.05, 0.1) is 6.10 Å². The number of benzene rings is 1. The van der Waals surface area contributed by atoms with E-state index in [1.54, 1.807) is 0 Å². The highest BCUT2D eigenvalue weighted by Gasteiger charge is 2.21. The summed E-state index contributed by atoms with van der Waals surface area (Å²) < 4.78 is 5.90. The van der Waals surface area contributed by atoms with Crippen LogP contribution in [0.15, 0.2) is 24.3 Å². The molecule has 0 amide bonds. The summed E-state index contributed by atoms with van der Waals surface area (Å²) >= 11 is 5.82. The van der Waals surface area contributed by atoms with E-state index < -0.39 is 0 Å². The summed E-state index contributed by atoms with van der Waals surface area (Å²) in [6, 6.07) is 7.58. The van der Waals surface area contributed by atoms with E-state index in [9.17, 15) is 0 Å². The van der Waals surface area contributed by atoms with Crippen molar-refractivity contribution in [1.29, 1.82) is 0 Å². The van der Waals surface area contributed by atoms with Crippen LogP contribution >= 0.6 is 11.6 Å². The van der Waals surface area contributed by atoms with Crippen LogP contribution in [0.2, 0.25) is 5.02 Å². The van der Waals surface area contributed by atoms with Crippen molar-refractivity contribution in [2.24, 2.45) is 11.7 Å². The van der Waals surface area contributed by atoms with E-state index in [4.69, 9.17) is 22.1 Å². The molecule has 0 saturated heterocycles. The zero-order chi connectivity index (χ0) is 11.4. The molecular weight excluding hydrogens is 222 g/mol. The lowest BCUT2D eigenvalue weighted by molar-refractivity contribution is 0.133. The van der Waals surface area contributed by atoms with Crippen molar-refractivity contribution >= 4 is 11.6 Å². The number of nitrogens with two attached hydrogens (primary N) is 1. The molecule has 2 rings (SSSR count). The molecule has 0 spiro atoms. The zero-order valence-electron chi connectivity index (χ0n) is 9.36. The van der Waals surface area contributed by atoms with Crippen molar-refractivity contribution in [3.8, 4) is 5.75 Å². The summed E-state index contributed by atoms with van der Waals surface area (Å²) in [4.78, 5) is 0. The highest BCUT2D eigenvalue weighted by molar-refractivity contribution is 6.30. The lowest BCUT2D eigenvalue weighted by atomic mass is 9.87. The average Bonchev–Trinajstić information content (AvgIpc) is 2.33. The largest absolute Gasteiger partial charge is 0.490 e. The van der Waals surface area contributed by atoms with Gasteiger partial charge in [-0.15, -0.1) is 0 Å². The van der Waals surface area contributed by atoms with E-state index in [1.807, 2.05) is 24.3 Å². The third-order valence-corrected chi connectivity index (χ3v) is 3.50. The molecule has 0 aliphatic heterocycles. The van der Waals surface area contributed by atoms with Gasteiger partial charge in [0.25, 0.3) is 0 Å². The van der Waals surface area contributed by atoms with E-state index in [-0.39, 0.29) is 0 Å². The van der Waals surface area contributed by atoms with Crippen molar-refractivity contribution in [2.45, 2.75) is 31.8 Å². The first-order valence-corrected chi connectivity index (χ1v) is 6.28. The van der Waals surface area contributed by atoms with Gasteiger partial charge in [0.1, 0.15) is 5.75 Å². The Morgan fingerprint density at radius 1 is 1.12 bits per heavy atom. The van der Waals surface area contributed by atoms with Crippen LogP contribution in [0.5, 0.6) is 5.75 Å². The van der Waals surface area contributed by atoms with E-state index in [1.165, 1.54) is 12.8 Å². The molecule has 2 N–H and O–H groups in total. The van der Waals surface area contributed by atoms with Gasteiger partial charge in [-0.2, -0.15) is 0 Å². The van der Waals surface area contributed by atoms with Crippen LogP contribution in [-0.2, 0) is 0 Å². The Kier molecular flexibility index (Phi) is 4.08. The minimum absolute atomic E-state index is 0.351. The maximum Gasteiger partial charge on any atom is 0.119 e. The Balaban J connectivity index is 1.84. The molecule has 1 aliphatic rings. The molecule has 88 valence electrons. The maximum atomic E-state index is 5.90. The van der Waals surface area contributed by atoms with Crippen LogP contribution in [0, 0.1) is 5.92 Å². The van der Waals surface area contributed by atoms with Gasteiger partial charge >= 0.3 is 0 Å². The summed E-state index contributed by atoms with van der Waals surface area (Å²) in [5.41, 5.74) is 5.66. The fourth-order valence-electron chi connectivity index (χ4n) is 2.19. The first-order valence-electron chi connectivity index (χ1n) is 5.90. The second-order valence-corrected chi connectivity index (χ2v) is 4.89. The Bertz CT molecular complexity index is 317. The molecule has 0 aromatic heterocycles. The fourth-order valence-corrected chi connectivity index (χ4v) is 2.32. The molecule has 0 heterocycles. The normalized spacial score (nSPS) is 25.4. The van der Waals surface area contributed by atoms with E-state index in [0.29, 0.717) is 12.0 Å². The highest BCUT2D eigenvalue weighted by Crippen LogP contribution is 2.27. The van der Waals surface area contributed by atoms with Gasteiger partial charge in [0.15, 0.2) is 0 Å². The molecule has 3 heteroatoms. The van der Waals surface area contributed by atoms with Gasteiger partial charge in [-0.1, -0.05) is 11.6 Å². The van der Waals surface area contributed by atoms with E-state index in [0.717, 1.165) is 30.2 Å². The van der Waals surface area contributed by atoms with Crippen molar-refractivity contribution in [2.75, 3.05) is 6.54 Å². The van der Waals surface area contributed by atoms with Crippen molar-refractivity contribution in [1.82, 2.24) is 0 Å². The van der Waals surface area contributed by atoms with Gasteiger partial charge in [0.2, 0.25) is 0 Å². The number of rotatable bonds is 3. The SMILES string of the molecule is NCC1CCC(Oc2ccc(Cl)cc2)CC1. The number of halogens is 1. The van der Waals surface area contributed by atoms with Crippen LogP contribution in [0.1, 0.15) is 25.7 Å². The Labute approximate surface area is 102 Å². The van der Waals surface area contributed by atoms with Crippen molar-refractivity contribution in [3.05, 3.63) is 29.3 Å². The van der Waals surface area contributed by atoms with Gasteiger partial charge < -0.3 is 10.5 Å². The van der Waals surface area contributed by atoms with Gasteiger partial charge in [-0.25, -0.2) is 0 Å². The Hall–Kier alpha value is -0.730. The average molecular weight is 240 g/mol. The molecule has 0 atom stereocenters. The molecule has 0 radical (unpaired) electrons. The number of hydrogen-bond acceptors (Lipinski definition) is 2. The predicted molar refractivity (Wildman–Crippen MR) is 66.9 cm³/mol. The third kappa shape index (κ3) is 3.13. The van der Waals surface area contributed by atoms with E-state index >= 15 is 0 Å². The highest BCUT2D eigenvalue weighted by atomic mass is 35.5. The standard InChI is InChI=1S/C13H18ClNO/c14-11-3-7-13(8-4-11)16-12-5-1-10(9-15)2-6-12/h3-4,7-8,10,12H,1-2,5-6,9,15H2. The quantitative estimate of drug-likeness (QED) is 0.879. The number of hydrogen-bond donors (Lipinski definition) is 1. The molecule has 16 heavy (non-hydrogen) atoms. The van der Waals surface area contributed by atoms with Crippen LogP contribution in [0.25, 0.3) is 0 Å². The molecular formula is C13H18ClNO. The first-order chi connectivity index (χ1) is 7.78.